The summed E-state index contributed by atoms with van der Waals surface area (Å²) in [4.78, 5) is 0. The molecular formula is C10H18N4. The van der Waals surface area contributed by atoms with Crippen molar-refractivity contribution in [2.24, 2.45) is 5.73 Å². The van der Waals surface area contributed by atoms with Gasteiger partial charge in [0.2, 0.25) is 0 Å². The van der Waals surface area contributed by atoms with Crippen LogP contribution in [0.3, 0.4) is 0 Å². The highest BCUT2D eigenvalue weighted by Crippen LogP contribution is 2.14. The largest absolute Gasteiger partial charge is 0.328 e. The highest BCUT2D eigenvalue weighted by Gasteiger charge is 2.14. The van der Waals surface area contributed by atoms with Gasteiger partial charge >= 0.3 is 0 Å². The summed E-state index contributed by atoms with van der Waals surface area (Å²) in [6.07, 6.45) is 5.72. The molecule has 0 saturated heterocycles. The molecule has 0 amide bonds. The Hall–Kier alpha value is -0.900. The van der Waals surface area contributed by atoms with Crippen molar-refractivity contribution in [1.82, 2.24) is 14.8 Å². The van der Waals surface area contributed by atoms with Crippen molar-refractivity contribution in [3.05, 3.63) is 11.6 Å². The summed E-state index contributed by atoms with van der Waals surface area (Å²) >= 11 is 0. The number of fused-ring (bicyclic) bond motifs is 1. The van der Waals surface area contributed by atoms with Crippen LogP contribution >= 0.6 is 0 Å². The van der Waals surface area contributed by atoms with Gasteiger partial charge in [0.25, 0.3) is 0 Å². The average molecular weight is 194 g/mol. The van der Waals surface area contributed by atoms with Crippen LogP contribution in [0.25, 0.3) is 0 Å². The van der Waals surface area contributed by atoms with Crippen LogP contribution in [-0.2, 0) is 19.4 Å². The highest BCUT2D eigenvalue weighted by atomic mass is 15.3. The van der Waals surface area contributed by atoms with Crippen LogP contribution in [0.5, 0.6) is 0 Å². The first-order valence-electron chi connectivity index (χ1n) is 5.44. The normalized spacial score (nSPS) is 18.7. The van der Waals surface area contributed by atoms with Crippen molar-refractivity contribution >= 4 is 0 Å². The Morgan fingerprint density at radius 1 is 1.36 bits per heavy atom. The predicted octanol–water partition coefficient (Wildman–Crippen LogP) is 0.894. The van der Waals surface area contributed by atoms with E-state index in [0.29, 0.717) is 0 Å². The Morgan fingerprint density at radius 2 is 2.21 bits per heavy atom. The Bertz CT molecular complexity index is 303. The number of rotatable bonds is 2. The third-order valence-electron chi connectivity index (χ3n) is 2.69. The van der Waals surface area contributed by atoms with Crippen molar-refractivity contribution in [1.29, 1.82) is 0 Å². The molecule has 1 aromatic heterocycles. The van der Waals surface area contributed by atoms with E-state index in [1.54, 1.807) is 0 Å². The molecule has 0 bridgehead atoms. The molecule has 2 N–H and O–H groups in total. The zero-order valence-electron chi connectivity index (χ0n) is 8.74. The molecule has 78 valence electrons. The summed E-state index contributed by atoms with van der Waals surface area (Å²) < 4.78 is 2.26. The van der Waals surface area contributed by atoms with E-state index >= 15 is 0 Å². The molecule has 0 saturated carbocycles. The van der Waals surface area contributed by atoms with Gasteiger partial charge < -0.3 is 10.3 Å². The van der Waals surface area contributed by atoms with Gasteiger partial charge in [-0.2, -0.15) is 0 Å². The SMILES string of the molecule is CC(N)Cc1nnc2n1CCCCC2. The van der Waals surface area contributed by atoms with Gasteiger partial charge in [-0.15, -0.1) is 10.2 Å². The maximum atomic E-state index is 5.77. The molecule has 0 spiro atoms. The molecule has 4 nitrogen and oxygen atoms in total. The monoisotopic (exact) mass is 194 g/mol. The fourth-order valence-electron chi connectivity index (χ4n) is 1.98. The second-order valence-corrected chi connectivity index (χ2v) is 4.18. The molecule has 4 heteroatoms. The van der Waals surface area contributed by atoms with Gasteiger partial charge in [-0.3, -0.25) is 0 Å². The van der Waals surface area contributed by atoms with E-state index in [1.807, 2.05) is 6.92 Å². The molecule has 2 rings (SSSR count). The molecule has 14 heavy (non-hydrogen) atoms. The highest BCUT2D eigenvalue weighted by molar-refractivity contribution is 4.99. The quantitative estimate of drug-likeness (QED) is 0.760. The van der Waals surface area contributed by atoms with E-state index in [2.05, 4.69) is 14.8 Å². The van der Waals surface area contributed by atoms with E-state index in [0.717, 1.165) is 31.0 Å². The number of aryl methyl sites for hydroxylation is 1. The molecule has 2 heterocycles. The van der Waals surface area contributed by atoms with E-state index in [4.69, 9.17) is 5.73 Å². The molecular weight excluding hydrogens is 176 g/mol. The lowest BCUT2D eigenvalue weighted by atomic mass is 10.2. The van der Waals surface area contributed by atoms with Crippen LogP contribution in [0.2, 0.25) is 0 Å². The minimum absolute atomic E-state index is 0.173. The van der Waals surface area contributed by atoms with E-state index in [-0.39, 0.29) is 6.04 Å². The number of aromatic nitrogens is 3. The lowest BCUT2D eigenvalue weighted by Crippen LogP contribution is -2.21. The first kappa shape index (κ1) is 9.65. The summed E-state index contributed by atoms with van der Waals surface area (Å²) in [7, 11) is 0. The lowest BCUT2D eigenvalue weighted by Gasteiger charge is -2.08. The van der Waals surface area contributed by atoms with Crippen molar-refractivity contribution < 1.29 is 0 Å². The summed E-state index contributed by atoms with van der Waals surface area (Å²) in [5.41, 5.74) is 5.77. The predicted molar refractivity (Wildman–Crippen MR) is 54.9 cm³/mol. The molecule has 1 aliphatic heterocycles. The van der Waals surface area contributed by atoms with E-state index < -0.39 is 0 Å². The zero-order chi connectivity index (χ0) is 9.97. The van der Waals surface area contributed by atoms with Gasteiger partial charge in [0.15, 0.2) is 0 Å². The fourth-order valence-corrected chi connectivity index (χ4v) is 1.98. The van der Waals surface area contributed by atoms with Crippen LogP contribution in [0, 0.1) is 0 Å². The van der Waals surface area contributed by atoms with Gasteiger partial charge in [-0.05, 0) is 19.8 Å². The lowest BCUT2D eigenvalue weighted by molar-refractivity contribution is 0.584. The summed E-state index contributed by atoms with van der Waals surface area (Å²) in [6, 6.07) is 0.173. The van der Waals surface area contributed by atoms with Crippen LogP contribution in [0.4, 0.5) is 0 Å². The molecule has 0 aromatic carbocycles. The molecule has 1 aromatic rings. The number of hydrogen-bond donors (Lipinski definition) is 1. The molecule has 1 atom stereocenters. The summed E-state index contributed by atoms with van der Waals surface area (Å²) in [5, 5.41) is 8.44. The number of hydrogen-bond acceptors (Lipinski definition) is 3. The van der Waals surface area contributed by atoms with Crippen LogP contribution in [0.15, 0.2) is 0 Å². The fraction of sp³-hybridized carbons (Fsp3) is 0.800. The van der Waals surface area contributed by atoms with E-state index in [9.17, 15) is 0 Å². The van der Waals surface area contributed by atoms with Crippen molar-refractivity contribution in [3.8, 4) is 0 Å². The Balaban J connectivity index is 2.20. The minimum Gasteiger partial charge on any atom is -0.328 e. The smallest absolute Gasteiger partial charge is 0.134 e. The van der Waals surface area contributed by atoms with Crippen LogP contribution < -0.4 is 5.73 Å². The number of nitrogens with zero attached hydrogens (tertiary/aromatic N) is 3. The summed E-state index contributed by atoms with van der Waals surface area (Å²) in [6.45, 7) is 3.09. The Morgan fingerprint density at radius 3 is 3.00 bits per heavy atom. The van der Waals surface area contributed by atoms with Gasteiger partial charge in [0, 0.05) is 25.4 Å². The van der Waals surface area contributed by atoms with E-state index in [1.165, 1.54) is 19.3 Å². The maximum absolute atomic E-state index is 5.77. The zero-order valence-corrected chi connectivity index (χ0v) is 8.74. The molecule has 0 aliphatic carbocycles. The third kappa shape index (κ3) is 1.95. The Labute approximate surface area is 84.5 Å². The van der Waals surface area contributed by atoms with Gasteiger partial charge in [-0.25, -0.2) is 0 Å². The second kappa shape index (κ2) is 4.09. The number of nitrogens with two attached hydrogens (primary N) is 1. The average Bonchev–Trinajstić information content (AvgIpc) is 2.37. The van der Waals surface area contributed by atoms with Gasteiger partial charge in [0.05, 0.1) is 0 Å². The molecule has 1 aliphatic rings. The van der Waals surface area contributed by atoms with Crippen molar-refractivity contribution in [2.45, 2.75) is 51.6 Å². The third-order valence-corrected chi connectivity index (χ3v) is 2.69. The summed E-state index contributed by atoms with van der Waals surface area (Å²) in [5.74, 6) is 2.22. The minimum atomic E-state index is 0.173. The van der Waals surface area contributed by atoms with Crippen LogP contribution in [-0.4, -0.2) is 20.8 Å². The molecule has 0 radical (unpaired) electrons. The van der Waals surface area contributed by atoms with Crippen molar-refractivity contribution in [3.63, 3.8) is 0 Å². The standard InChI is InChI=1S/C10H18N4/c1-8(11)7-10-13-12-9-5-3-2-4-6-14(9)10/h8H,2-7,11H2,1H3. The topological polar surface area (TPSA) is 56.7 Å². The molecule has 0 fully saturated rings. The van der Waals surface area contributed by atoms with Crippen LogP contribution in [0.1, 0.15) is 37.8 Å². The maximum Gasteiger partial charge on any atom is 0.134 e. The first-order valence-corrected chi connectivity index (χ1v) is 5.44. The van der Waals surface area contributed by atoms with Gasteiger partial charge in [0.1, 0.15) is 11.6 Å². The van der Waals surface area contributed by atoms with Gasteiger partial charge in [-0.1, -0.05) is 6.42 Å². The molecule has 1 unspecified atom stereocenters. The second-order valence-electron chi connectivity index (χ2n) is 4.18. The Kier molecular flexibility index (Phi) is 2.82. The first-order chi connectivity index (χ1) is 6.77. The van der Waals surface area contributed by atoms with Crippen molar-refractivity contribution in [2.75, 3.05) is 0 Å².